The van der Waals surface area contributed by atoms with Crippen LogP contribution >= 0.6 is 0 Å². The summed E-state index contributed by atoms with van der Waals surface area (Å²) in [6.45, 7) is 2.39. The summed E-state index contributed by atoms with van der Waals surface area (Å²) in [5.41, 5.74) is 21.4. The van der Waals surface area contributed by atoms with Gasteiger partial charge in [-0.3, -0.25) is 0 Å². The molecule has 0 heterocycles. The van der Waals surface area contributed by atoms with E-state index < -0.39 is 0 Å². The molecule has 1 heteroatoms. The molecule has 1 atom stereocenters. The van der Waals surface area contributed by atoms with Gasteiger partial charge in [0.15, 0.2) is 0 Å². The zero-order chi connectivity index (χ0) is 47.3. The van der Waals surface area contributed by atoms with Crippen molar-refractivity contribution in [2.45, 2.75) is 12.3 Å². The van der Waals surface area contributed by atoms with Crippen LogP contribution in [0.25, 0.3) is 88.3 Å². The molecule has 0 saturated carbocycles. The number of hydrogen-bond donors (Lipinski definition) is 0. The van der Waals surface area contributed by atoms with Crippen LogP contribution in [0, 0.1) is 0 Å². The fourth-order valence-electron chi connectivity index (χ4n) is 11.6. The highest BCUT2D eigenvalue weighted by Crippen LogP contribution is 2.55. The van der Waals surface area contributed by atoms with E-state index in [-0.39, 0.29) is 5.41 Å². The van der Waals surface area contributed by atoms with Crippen LogP contribution in [0.4, 0.5) is 17.1 Å². The van der Waals surface area contributed by atoms with Gasteiger partial charge in [-0.25, -0.2) is 0 Å². The fourth-order valence-corrected chi connectivity index (χ4v) is 11.6. The molecule has 1 unspecified atom stereocenters. The minimum atomic E-state index is -0.302. The first kappa shape index (κ1) is 42.1. The van der Waals surface area contributed by atoms with Crippen LogP contribution in [0.15, 0.2) is 279 Å². The van der Waals surface area contributed by atoms with Crippen molar-refractivity contribution >= 4 is 38.6 Å². The second kappa shape index (κ2) is 17.5. The van der Waals surface area contributed by atoms with Crippen molar-refractivity contribution in [2.75, 3.05) is 4.90 Å². The molecule has 0 amide bonds. The van der Waals surface area contributed by atoms with Crippen molar-refractivity contribution in [3.63, 3.8) is 0 Å². The van der Waals surface area contributed by atoms with Gasteiger partial charge in [0.2, 0.25) is 0 Å². The average Bonchev–Trinajstić information content (AvgIpc) is 3.72. The van der Waals surface area contributed by atoms with E-state index in [1.54, 1.807) is 0 Å². The van der Waals surface area contributed by atoms with Gasteiger partial charge >= 0.3 is 0 Å². The first-order chi connectivity index (χ1) is 35.1. The SMILES string of the molecule is CC1(c2ccccc2)c2ccccc2-c2cc(N(c3ccc(-c4ccc5c(c4)c(-c4ccccc4)c(-c4ccccc4)c4ccccc45)cc3)c3c(-c4ccccc4)cccc3-c3ccccc3)ccc21. The molecule has 334 valence electrons. The van der Waals surface area contributed by atoms with Crippen LogP contribution in [0.5, 0.6) is 0 Å². The molecule has 1 aliphatic carbocycles. The second-order valence-electron chi connectivity index (χ2n) is 18.9. The Morgan fingerprint density at radius 1 is 0.268 bits per heavy atom. The van der Waals surface area contributed by atoms with E-state index in [2.05, 4.69) is 291 Å². The summed E-state index contributed by atoms with van der Waals surface area (Å²) in [4.78, 5) is 2.50. The van der Waals surface area contributed by atoms with Crippen molar-refractivity contribution in [3.8, 4) is 66.8 Å². The van der Waals surface area contributed by atoms with Gasteiger partial charge in [0.25, 0.3) is 0 Å². The first-order valence-electron chi connectivity index (χ1n) is 24.7. The van der Waals surface area contributed by atoms with Gasteiger partial charge < -0.3 is 4.90 Å². The number of fused-ring (bicyclic) bond motifs is 6. The lowest BCUT2D eigenvalue weighted by Gasteiger charge is -2.32. The van der Waals surface area contributed by atoms with Gasteiger partial charge in [0.05, 0.1) is 5.69 Å². The van der Waals surface area contributed by atoms with Gasteiger partial charge in [-0.15, -0.1) is 0 Å². The van der Waals surface area contributed by atoms with Crippen molar-refractivity contribution in [1.29, 1.82) is 0 Å². The molecule has 0 N–H and O–H groups in total. The van der Waals surface area contributed by atoms with Crippen LogP contribution in [-0.4, -0.2) is 0 Å². The van der Waals surface area contributed by atoms with Crippen LogP contribution in [0.2, 0.25) is 0 Å². The molecule has 1 nitrogen and oxygen atoms in total. The second-order valence-corrected chi connectivity index (χ2v) is 18.9. The lowest BCUT2D eigenvalue weighted by molar-refractivity contribution is 0.714. The lowest BCUT2D eigenvalue weighted by atomic mass is 9.74. The van der Waals surface area contributed by atoms with Gasteiger partial charge in [-0.2, -0.15) is 0 Å². The quantitative estimate of drug-likeness (QED) is 0.130. The van der Waals surface area contributed by atoms with Crippen molar-refractivity contribution in [1.82, 2.24) is 0 Å². The van der Waals surface area contributed by atoms with Crippen LogP contribution < -0.4 is 4.90 Å². The molecule has 12 aromatic carbocycles. The first-order valence-corrected chi connectivity index (χ1v) is 24.7. The molecule has 0 saturated heterocycles. The summed E-state index contributed by atoms with van der Waals surface area (Å²) in [7, 11) is 0. The maximum atomic E-state index is 2.50. The molecular weight excluding hydrogens is 855 g/mol. The molecule has 13 rings (SSSR count). The number of anilines is 3. The topological polar surface area (TPSA) is 3.24 Å². The van der Waals surface area contributed by atoms with Crippen molar-refractivity contribution in [2.24, 2.45) is 0 Å². The molecule has 12 aromatic rings. The summed E-state index contributed by atoms with van der Waals surface area (Å²) in [5.74, 6) is 0. The smallest absolute Gasteiger partial charge is 0.0618 e. The highest BCUT2D eigenvalue weighted by atomic mass is 15.1. The predicted octanol–water partition coefficient (Wildman–Crippen LogP) is 19.1. The highest BCUT2D eigenvalue weighted by Gasteiger charge is 2.41. The van der Waals surface area contributed by atoms with E-state index in [0.717, 1.165) is 44.9 Å². The van der Waals surface area contributed by atoms with E-state index in [0.29, 0.717) is 0 Å². The summed E-state index contributed by atoms with van der Waals surface area (Å²) in [6, 6.07) is 103. The summed E-state index contributed by atoms with van der Waals surface area (Å²) < 4.78 is 0. The number of nitrogens with zero attached hydrogens (tertiary/aromatic N) is 1. The molecule has 71 heavy (non-hydrogen) atoms. The molecule has 0 spiro atoms. The summed E-state index contributed by atoms with van der Waals surface area (Å²) in [6.07, 6.45) is 0. The molecule has 1 aliphatic rings. The molecule has 0 fully saturated rings. The molecule has 0 aliphatic heterocycles. The van der Waals surface area contributed by atoms with Crippen LogP contribution in [0.1, 0.15) is 23.6 Å². The van der Waals surface area contributed by atoms with E-state index >= 15 is 0 Å². The molecule has 0 bridgehead atoms. The number of para-hydroxylation sites is 1. The van der Waals surface area contributed by atoms with Gasteiger partial charge in [-0.1, -0.05) is 249 Å². The minimum Gasteiger partial charge on any atom is -0.309 e. The monoisotopic (exact) mass is 903 g/mol. The molecule has 0 radical (unpaired) electrons. The Hall–Kier alpha value is -9.04. The van der Waals surface area contributed by atoms with Gasteiger partial charge in [0, 0.05) is 27.9 Å². The van der Waals surface area contributed by atoms with Crippen LogP contribution in [0.3, 0.4) is 0 Å². The molecule has 0 aromatic heterocycles. The Bertz CT molecular complexity index is 3840. The zero-order valence-corrected chi connectivity index (χ0v) is 39.5. The fraction of sp³-hybridized carbons (Fsp3) is 0.0286. The number of benzene rings is 12. The van der Waals surface area contributed by atoms with E-state index in [1.165, 1.54) is 77.2 Å². The normalized spacial score (nSPS) is 13.8. The third-order valence-corrected chi connectivity index (χ3v) is 14.9. The largest absolute Gasteiger partial charge is 0.309 e. The Kier molecular flexibility index (Phi) is 10.4. The van der Waals surface area contributed by atoms with Gasteiger partial charge in [0.1, 0.15) is 0 Å². The number of hydrogen-bond acceptors (Lipinski definition) is 1. The van der Waals surface area contributed by atoms with Crippen molar-refractivity contribution < 1.29 is 0 Å². The predicted molar refractivity (Wildman–Crippen MR) is 301 cm³/mol. The van der Waals surface area contributed by atoms with Crippen molar-refractivity contribution in [3.05, 3.63) is 296 Å². The molecular formula is C70H49N. The average molecular weight is 904 g/mol. The minimum absolute atomic E-state index is 0.302. The Balaban J connectivity index is 1.03. The van der Waals surface area contributed by atoms with E-state index in [9.17, 15) is 0 Å². The standard InChI is InChI=1S/C70H49N/c1-70(54-30-15-6-16-31-54)65-37-20-19-33-61(65)63-47-56(43-45-66(63)70)71(69-57(49-22-7-2-8-23-49)35-21-36-58(69)50-24-9-3-10-25-50)55-41-38-48(39-42-55)53-40-44-60-59-32-17-18-34-62(59)67(51-26-11-4-12-27-51)68(64(60)46-53)52-28-13-5-14-29-52/h2-47H,1H3. The maximum absolute atomic E-state index is 2.50. The zero-order valence-electron chi connectivity index (χ0n) is 39.5. The summed E-state index contributed by atoms with van der Waals surface area (Å²) >= 11 is 0. The lowest BCUT2D eigenvalue weighted by Crippen LogP contribution is -2.22. The maximum Gasteiger partial charge on any atom is 0.0618 e. The van der Waals surface area contributed by atoms with E-state index in [1.807, 2.05) is 0 Å². The van der Waals surface area contributed by atoms with E-state index in [4.69, 9.17) is 0 Å². The van der Waals surface area contributed by atoms with Crippen LogP contribution in [-0.2, 0) is 5.41 Å². The highest BCUT2D eigenvalue weighted by molar-refractivity contribution is 6.22. The Morgan fingerprint density at radius 2 is 0.718 bits per heavy atom. The Morgan fingerprint density at radius 3 is 1.34 bits per heavy atom. The third kappa shape index (κ3) is 7.08. The summed E-state index contributed by atoms with van der Waals surface area (Å²) in [5, 5.41) is 5.00. The Labute approximate surface area is 416 Å². The van der Waals surface area contributed by atoms with Gasteiger partial charge in [-0.05, 0) is 131 Å². The third-order valence-electron chi connectivity index (χ3n) is 14.9. The number of rotatable bonds is 9.